The molecule has 3 atom stereocenters. The van der Waals surface area contributed by atoms with Gasteiger partial charge in [-0.15, -0.1) is 0 Å². The van der Waals surface area contributed by atoms with Crippen molar-refractivity contribution in [2.45, 2.75) is 77.3 Å². The maximum atomic E-state index is 12.8. The Morgan fingerprint density at radius 3 is 2.35 bits per heavy atom. The number of nitrogens with zero attached hydrogens (tertiary/aromatic N) is 1. The van der Waals surface area contributed by atoms with Crippen molar-refractivity contribution in [3.63, 3.8) is 0 Å². The highest BCUT2D eigenvalue weighted by atomic mass is 16.2. The molecule has 2 N–H and O–H groups in total. The molecule has 116 valence electrons. The molecule has 0 aromatic carbocycles. The maximum absolute atomic E-state index is 12.8. The average molecular weight is 280 g/mol. The molecule has 0 heterocycles. The molecule has 2 aliphatic rings. The fourth-order valence-electron chi connectivity index (χ4n) is 4.19. The minimum atomic E-state index is 0.212. The van der Waals surface area contributed by atoms with Gasteiger partial charge in [0.15, 0.2) is 0 Å². The third-order valence-electron chi connectivity index (χ3n) is 5.82. The van der Waals surface area contributed by atoms with E-state index in [4.69, 9.17) is 5.73 Å². The first-order valence-electron chi connectivity index (χ1n) is 8.55. The highest BCUT2D eigenvalue weighted by Crippen LogP contribution is 2.33. The van der Waals surface area contributed by atoms with Gasteiger partial charge in [0.25, 0.3) is 0 Å². The van der Waals surface area contributed by atoms with E-state index in [1.54, 1.807) is 0 Å². The van der Waals surface area contributed by atoms with Gasteiger partial charge in [0.2, 0.25) is 5.91 Å². The molecule has 1 amide bonds. The molecule has 0 radical (unpaired) electrons. The molecular formula is C17H32N2O. The lowest BCUT2D eigenvalue weighted by Crippen LogP contribution is -2.46. The number of amides is 1. The fraction of sp³-hybridized carbons (Fsp3) is 0.941. The van der Waals surface area contributed by atoms with Crippen LogP contribution in [0.3, 0.4) is 0 Å². The quantitative estimate of drug-likeness (QED) is 0.863. The molecule has 3 heteroatoms. The van der Waals surface area contributed by atoms with Crippen molar-refractivity contribution in [1.82, 2.24) is 4.90 Å². The topological polar surface area (TPSA) is 46.3 Å². The van der Waals surface area contributed by atoms with Gasteiger partial charge in [0.1, 0.15) is 0 Å². The first-order valence-corrected chi connectivity index (χ1v) is 8.55. The molecule has 2 fully saturated rings. The monoisotopic (exact) mass is 280 g/mol. The molecule has 2 rings (SSSR count). The fourth-order valence-corrected chi connectivity index (χ4v) is 4.19. The molecule has 2 saturated carbocycles. The number of hydrogen-bond acceptors (Lipinski definition) is 2. The van der Waals surface area contributed by atoms with Gasteiger partial charge < -0.3 is 10.6 Å². The second-order valence-electron chi connectivity index (χ2n) is 7.19. The van der Waals surface area contributed by atoms with E-state index >= 15 is 0 Å². The van der Waals surface area contributed by atoms with E-state index in [1.807, 2.05) is 7.05 Å². The van der Waals surface area contributed by atoms with Crippen LogP contribution in [0.4, 0.5) is 0 Å². The van der Waals surface area contributed by atoms with E-state index in [-0.39, 0.29) is 5.92 Å². The lowest BCUT2D eigenvalue weighted by atomic mass is 9.77. The van der Waals surface area contributed by atoms with Crippen LogP contribution in [0.15, 0.2) is 0 Å². The summed E-state index contributed by atoms with van der Waals surface area (Å²) in [5.74, 6) is 1.93. The standard InChI is InChI=1S/C17H32N2O/c1-4-13-5-8-15(9-6-13)19(3)17(20)16-10-7-14(18)11-12(16)2/h12-16H,4-11,18H2,1-3H3. The maximum Gasteiger partial charge on any atom is 0.225 e. The van der Waals surface area contributed by atoms with Gasteiger partial charge in [0.05, 0.1) is 0 Å². The zero-order valence-electron chi connectivity index (χ0n) is 13.5. The first kappa shape index (κ1) is 15.8. The van der Waals surface area contributed by atoms with E-state index in [0.29, 0.717) is 23.9 Å². The zero-order chi connectivity index (χ0) is 14.7. The Balaban J connectivity index is 1.89. The largest absolute Gasteiger partial charge is 0.343 e. The molecule has 3 nitrogen and oxygen atoms in total. The average Bonchev–Trinajstić information content (AvgIpc) is 2.46. The summed E-state index contributed by atoms with van der Waals surface area (Å²) >= 11 is 0. The number of carbonyl (C=O) groups is 1. The van der Waals surface area contributed by atoms with Crippen LogP contribution in [0, 0.1) is 17.8 Å². The summed E-state index contributed by atoms with van der Waals surface area (Å²) in [6.07, 6.45) is 9.28. The van der Waals surface area contributed by atoms with E-state index in [1.165, 1.54) is 32.1 Å². The third kappa shape index (κ3) is 3.55. The Morgan fingerprint density at radius 1 is 1.15 bits per heavy atom. The lowest BCUT2D eigenvalue weighted by Gasteiger charge is -2.39. The van der Waals surface area contributed by atoms with Crippen molar-refractivity contribution in [2.75, 3.05) is 7.05 Å². The summed E-state index contributed by atoms with van der Waals surface area (Å²) in [4.78, 5) is 14.8. The molecule has 0 aromatic heterocycles. The molecule has 0 aliphatic heterocycles. The number of rotatable bonds is 3. The van der Waals surface area contributed by atoms with Crippen LogP contribution in [-0.2, 0) is 4.79 Å². The summed E-state index contributed by atoms with van der Waals surface area (Å²) in [6, 6.07) is 0.785. The van der Waals surface area contributed by atoms with Crippen LogP contribution in [0.2, 0.25) is 0 Å². The SMILES string of the molecule is CCC1CCC(N(C)C(=O)C2CCC(N)CC2C)CC1. The van der Waals surface area contributed by atoms with Crippen molar-refractivity contribution in [3.05, 3.63) is 0 Å². The van der Waals surface area contributed by atoms with Crippen LogP contribution in [0.5, 0.6) is 0 Å². The summed E-state index contributed by atoms with van der Waals surface area (Å²) in [5, 5.41) is 0. The molecule has 0 bridgehead atoms. The van der Waals surface area contributed by atoms with Gasteiger partial charge >= 0.3 is 0 Å². The van der Waals surface area contributed by atoms with Crippen LogP contribution < -0.4 is 5.73 Å². The zero-order valence-corrected chi connectivity index (χ0v) is 13.5. The summed E-state index contributed by atoms with van der Waals surface area (Å²) < 4.78 is 0. The number of hydrogen-bond donors (Lipinski definition) is 1. The lowest BCUT2D eigenvalue weighted by molar-refractivity contribution is -0.140. The van der Waals surface area contributed by atoms with E-state index < -0.39 is 0 Å². The van der Waals surface area contributed by atoms with Crippen molar-refractivity contribution in [2.24, 2.45) is 23.5 Å². The van der Waals surface area contributed by atoms with Gasteiger partial charge in [-0.2, -0.15) is 0 Å². The normalized spacial score (nSPS) is 38.5. The Kier molecular flexibility index (Phi) is 5.48. The second-order valence-corrected chi connectivity index (χ2v) is 7.19. The predicted octanol–water partition coefficient (Wildman–Crippen LogP) is 3.18. The molecule has 0 spiro atoms. The Labute approximate surface area is 124 Å². The van der Waals surface area contributed by atoms with Gasteiger partial charge in [-0.3, -0.25) is 4.79 Å². The van der Waals surface area contributed by atoms with E-state index in [2.05, 4.69) is 18.7 Å². The highest BCUT2D eigenvalue weighted by molar-refractivity contribution is 5.79. The molecular weight excluding hydrogens is 248 g/mol. The Morgan fingerprint density at radius 2 is 1.80 bits per heavy atom. The Hall–Kier alpha value is -0.570. The predicted molar refractivity (Wildman–Crippen MR) is 83.3 cm³/mol. The van der Waals surface area contributed by atoms with Gasteiger partial charge in [-0.05, 0) is 56.8 Å². The molecule has 0 saturated heterocycles. The first-order chi connectivity index (χ1) is 9.52. The highest BCUT2D eigenvalue weighted by Gasteiger charge is 2.35. The van der Waals surface area contributed by atoms with E-state index in [9.17, 15) is 4.79 Å². The van der Waals surface area contributed by atoms with Crippen LogP contribution in [0.1, 0.15) is 65.2 Å². The second kappa shape index (κ2) is 6.93. The van der Waals surface area contributed by atoms with Crippen LogP contribution in [0.25, 0.3) is 0 Å². The van der Waals surface area contributed by atoms with Crippen LogP contribution >= 0.6 is 0 Å². The minimum Gasteiger partial charge on any atom is -0.343 e. The van der Waals surface area contributed by atoms with Gasteiger partial charge in [0, 0.05) is 25.0 Å². The summed E-state index contributed by atoms with van der Waals surface area (Å²) in [5.41, 5.74) is 6.01. The molecule has 2 aliphatic carbocycles. The van der Waals surface area contributed by atoms with Crippen LogP contribution in [-0.4, -0.2) is 29.9 Å². The van der Waals surface area contributed by atoms with Crippen molar-refractivity contribution < 1.29 is 4.79 Å². The van der Waals surface area contributed by atoms with Gasteiger partial charge in [-0.1, -0.05) is 20.3 Å². The van der Waals surface area contributed by atoms with Crippen molar-refractivity contribution >= 4 is 5.91 Å². The summed E-state index contributed by atoms with van der Waals surface area (Å²) in [7, 11) is 2.03. The smallest absolute Gasteiger partial charge is 0.225 e. The number of carbonyl (C=O) groups excluding carboxylic acids is 1. The van der Waals surface area contributed by atoms with E-state index in [0.717, 1.165) is 25.2 Å². The number of nitrogens with two attached hydrogens (primary N) is 1. The molecule has 0 aromatic rings. The van der Waals surface area contributed by atoms with Crippen molar-refractivity contribution in [1.29, 1.82) is 0 Å². The molecule has 20 heavy (non-hydrogen) atoms. The molecule has 3 unspecified atom stereocenters. The minimum absolute atomic E-state index is 0.212. The van der Waals surface area contributed by atoms with Crippen molar-refractivity contribution in [3.8, 4) is 0 Å². The Bertz CT molecular complexity index is 323. The van der Waals surface area contributed by atoms with Gasteiger partial charge in [-0.25, -0.2) is 0 Å². The summed E-state index contributed by atoms with van der Waals surface area (Å²) in [6.45, 7) is 4.48. The third-order valence-corrected chi connectivity index (χ3v) is 5.82.